The lowest BCUT2D eigenvalue weighted by atomic mass is 10.1. The van der Waals surface area contributed by atoms with Crippen LogP contribution in [-0.2, 0) is 4.79 Å². The van der Waals surface area contributed by atoms with Crippen LogP contribution in [0.4, 0.5) is 0 Å². The van der Waals surface area contributed by atoms with Gasteiger partial charge in [0, 0.05) is 18.8 Å². The SMILES string of the molecule is CCCN(CCC)C(=O)CSc1nc(C)c(C)c(C)c1C#N. The summed E-state index contributed by atoms with van der Waals surface area (Å²) in [4.78, 5) is 18.7. The van der Waals surface area contributed by atoms with Gasteiger partial charge < -0.3 is 4.90 Å². The Balaban J connectivity index is 2.88. The highest BCUT2D eigenvalue weighted by molar-refractivity contribution is 8.00. The number of aromatic nitrogens is 1. The zero-order chi connectivity index (χ0) is 16.7. The maximum Gasteiger partial charge on any atom is 0.232 e. The summed E-state index contributed by atoms with van der Waals surface area (Å²) in [6.07, 6.45) is 1.92. The Hall–Kier alpha value is -1.54. The molecule has 0 N–H and O–H groups in total. The quantitative estimate of drug-likeness (QED) is 0.720. The Kier molecular flexibility index (Phi) is 7.40. The molecule has 1 rings (SSSR count). The molecule has 0 fully saturated rings. The monoisotopic (exact) mass is 319 g/mol. The van der Waals surface area contributed by atoms with Gasteiger partial charge in [0.25, 0.3) is 0 Å². The number of hydrogen-bond donors (Lipinski definition) is 0. The van der Waals surface area contributed by atoms with Crippen molar-refractivity contribution >= 4 is 17.7 Å². The fourth-order valence-corrected chi connectivity index (χ4v) is 3.26. The molecule has 0 bridgehead atoms. The molecule has 0 saturated heterocycles. The van der Waals surface area contributed by atoms with Crippen molar-refractivity contribution in [2.24, 2.45) is 0 Å². The fourth-order valence-electron chi connectivity index (χ4n) is 2.27. The second-order valence-electron chi connectivity index (χ2n) is 5.41. The fraction of sp³-hybridized carbons (Fsp3) is 0.588. The molecule has 5 heteroatoms. The summed E-state index contributed by atoms with van der Waals surface area (Å²) >= 11 is 1.37. The molecule has 1 aromatic heterocycles. The van der Waals surface area contributed by atoms with Crippen molar-refractivity contribution in [1.82, 2.24) is 9.88 Å². The summed E-state index contributed by atoms with van der Waals surface area (Å²) in [5.41, 5.74) is 3.53. The zero-order valence-corrected chi connectivity index (χ0v) is 15.0. The van der Waals surface area contributed by atoms with Gasteiger partial charge in [-0.25, -0.2) is 4.98 Å². The average molecular weight is 319 g/mol. The average Bonchev–Trinajstić information content (AvgIpc) is 2.50. The summed E-state index contributed by atoms with van der Waals surface area (Å²) in [6, 6.07) is 2.23. The van der Waals surface area contributed by atoms with Gasteiger partial charge >= 0.3 is 0 Å². The predicted octanol–water partition coefficient (Wildman–Crippen LogP) is 3.62. The molecule has 1 heterocycles. The lowest BCUT2D eigenvalue weighted by molar-refractivity contribution is -0.128. The molecule has 1 aromatic rings. The molecule has 22 heavy (non-hydrogen) atoms. The molecule has 0 saturated carbocycles. The van der Waals surface area contributed by atoms with Crippen molar-refractivity contribution in [3.63, 3.8) is 0 Å². The van der Waals surface area contributed by atoms with Crippen LogP contribution in [0, 0.1) is 32.1 Å². The molecule has 0 spiro atoms. The number of pyridine rings is 1. The Morgan fingerprint density at radius 3 is 2.27 bits per heavy atom. The van der Waals surface area contributed by atoms with Crippen LogP contribution in [-0.4, -0.2) is 34.6 Å². The van der Waals surface area contributed by atoms with E-state index in [0.29, 0.717) is 16.3 Å². The van der Waals surface area contributed by atoms with Gasteiger partial charge in [-0.2, -0.15) is 5.26 Å². The largest absolute Gasteiger partial charge is 0.342 e. The number of nitrogens with zero attached hydrogens (tertiary/aromatic N) is 3. The number of hydrogen-bond acceptors (Lipinski definition) is 4. The number of rotatable bonds is 7. The normalized spacial score (nSPS) is 10.4. The Labute approximate surface area is 137 Å². The Bertz CT molecular complexity index is 572. The van der Waals surface area contributed by atoms with E-state index in [2.05, 4.69) is 24.9 Å². The molecule has 0 atom stereocenters. The number of nitriles is 1. The van der Waals surface area contributed by atoms with E-state index in [1.54, 1.807) is 0 Å². The molecule has 1 amide bonds. The van der Waals surface area contributed by atoms with Crippen LogP contribution in [0.25, 0.3) is 0 Å². The summed E-state index contributed by atoms with van der Waals surface area (Å²) in [6.45, 7) is 11.6. The van der Waals surface area contributed by atoms with E-state index in [0.717, 1.165) is 42.8 Å². The topological polar surface area (TPSA) is 57.0 Å². The van der Waals surface area contributed by atoms with Crippen LogP contribution in [0.2, 0.25) is 0 Å². The highest BCUT2D eigenvalue weighted by Gasteiger charge is 2.16. The first-order chi connectivity index (χ1) is 10.5. The van der Waals surface area contributed by atoms with Crippen molar-refractivity contribution in [2.75, 3.05) is 18.8 Å². The molecule has 0 aliphatic heterocycles. The Morgan fingerprint density at radius 2 is 1.77 bits per heavy atom. The van der Waals surface area contributed by atoms with Gasteiger partial charge in [0.1, 0.15) is 11.1 Å². The van der Waals surface area contributed by atoms with Crippen LogP contribution >= 0.6 is 11.8 Å². The van der Waals surface area contributed by atoms with Gasteiger partial charge in [-0.3, -0.25) is 4.79 Å². The molecule has 0 aliphatic carbocycles. The molecular formula is C17H25N3OS. The number of aryl methyl sites for hydroxylation is 1. The van der Waals surface area contributed by atoms with Crippen LogP contribution < -0.4 is 0 Å². The maximum atomic E-state index is 12.3. The lowest BCUT2D eigenvalue weighted by Crippen LogP contribution is -2.33. The van der Waals surface area contributed by atoms with Crippen LogP contribution in [0.5, 0.6) is 0 Å². The van der Waals surface area contributed by atoms with E-state index in [-0.39, 0.29) is 5.91 Å². The van der Waals surface area contributed by atoms with E-state index in [9.17, 15) is 10.1 Å². The second-order valence-corrected chi connectivity index (χ2v) is 6.37. The summed E-state index contributed by atoms with van der Waals surface area (Å²) in [7, 11) is 0. The summed E-state index contributed by atoms with van der Waals surface area (Å²) < 4.78 is 0. The lowest BCUT2D eigenvalue weighted by Gasteiger charge is -2.21. The van der Waals surface area contributed by atoms with Crippen molar-refractivity contribution < 1.29 is 4.79 Å². The van der Waals surface area contributed by atoms with Gasteiger partial charge in [-0.1, -0.05) is 25.6 Å². The highest BCUT2D eigenvalue weighted by Crippen LogP contribution is 2.26. The first kappa shape index (κ1) is 18.5. The van der Waals surface area contributed by atoms with E-state index >= 15 is 0 Å². The minimum atomic E-state index is 0.121. The van der Waals surface area contributed by atoms with Crippen molar-refractivity contribution in [3.8, 4) is 6.07 Å². The van der Waals surface area contributed by atoms with Gasteiger partial charge in [0.2, 0.25) is 5.91 Å². The van der Waals surface area contributed by atoms with E-state index in [4.69, 9.17) is 0 Å². The highest BCUT2D eigenvalue weighted by atomic mass is 32.2. The van der Waals surface area contributed by atoms with Gasteiger partial charge in [0.15, 0.2) is 0 Å². The molecule has 4 nitrogen and oxygen atoms in total. The number of carbonyl (C=O) groups excluding carboxylic acids is 1. The Morgan fingerprint density at radius 1 is 1.18 bits per heavy atom. The minimum absolute atomic E-state index is 0.121. The van der Waals surface area contributed by atoms with Gasteiger partial charge in [-0.15, -0.1) is 0 Å². The molecule has 0 aliphatic rings. The predicted molar refractivity (Wildman–Crippen MR) is 91.0 cm³/mol. The molecule has 0 aromatic carbocycles. The second kappa shape index (κ2) is 8.79. The van der Waals surface area contributed by atoms with Gasteiger partial charge in [0.05, 0.1) is 11.3 Å². The van der Waals surface area contributed by atoms with E-state index in [1.807, 2.05) is 25.7 Å². The van der Waals surface area contributed by atoms with Crippen LogP contribution in [0.15, 0.2) is 5.03 Å². The third-order valence-corrected chi connectivity index (χ3v) is 4.71. The molecule has 120 valence electrons. The smallest absolute Gasteiger partial charge is 0.232 e. The minimum Gasteiger partial charge on any atom is -0.342 e. The number of thioether (sulfide) groups is 1. The number of carbonyl (C=O) groups is 1. The summed E-state index contributed by atoms with van der Waals surface area (Å²) in [5, 5.41) is 10.0. The van der Waals surface area contributed by atoms with E-state index < -0.39 is 0 Å². The number of amides is 1. The molecule has 0 radical (unpaired) electrons. The molecular weight excluding hydrogens is 294 g/mol. The van der Waals surface area contributed by atoms with Crippen molar-refractivity contribution in [2.45, 2.75) is 52.5 Å². The first-order valence-electron chi connectivity index (χ1n) is 7.74. The third kappa shape index (κ3) is 4.48. The van der Waals surface area contributed by atoms with Gasteiger partial charge in [-0.05, 0) is 44.7 Å². The van der Waals surface area contributed by atoms with Crippen LogP contribution in [0.3, 0.4) is 0 Å². The van der Waals surface area contributed by atoms with Crippen LogP contribution in [0.1, 0.15) is 49.1 Å². The van der Waals surface area contributed by atoms with Crippen molar-refractivity contribution in [1.29, 1.82) is 5.26 Å². The first-order valence-corrected chi connectivity index (χ1v) is 8.73. The maximum absolute atomic E-state index is 12.3. The van der Waals surface area contributed by atoms with Crippen molar-refractivity contribution in [3.05, 3.63) is 22.4 Å². The van der Waals surface area contributed by atoms with E-state index in [1.165, 1.54) is 11.8 Å². The third-order valence-electron chi connectivity index (χ3n) is 3.75. The zero-order valence-electron chi connectivity index (χ0n) is 14.2. The molecule has 0 unspecified atom stereocenters. The standard InChI is InChI=1S/C17H25N3OS/c1-6-8-20(9-7-2)16(21)11-22-17-15(10-18)13(4)12(3)14(5)19-17/h6-9,11H2,1-5H3. The summed E-state index contributed by atoms with van der Waals surface area (Å²) in [5.74, 6) is 0.458.